The minimum Gasteiger partial charge on any atom is -0.493 e. The molecule has 0 saturated carbocycles. The van der Waals surface area contributed by atoms with Crippen LogP contribution in [-0.2, 0) is 4.79 Å². The Bertz CT molecular complexity index is 1100. The van der Waals surface area contributed by atoms with Crippen LogP contribution in [0.5, 0.6) is 11.5 Å². The summed E-state index contributed by atoms with van der Waals surface area (Å²) in [6, 6.07) is 14.8. The third-order valence-corrected chi connectivity index (χ3v) is 4.95. The van der Waals surface area contributed by atoms with Crippen molar-refractivity contribution in [3.8, 4) is 22.8 Å². The highest BCUT2D eigenvalue weighted by atomic mass is 16.5. The molecule has 4 rings (SSSR count). The fraction of sp³-hybridized carbons (Fsp3) is 0.227. The zero-order valence-corrected chi connectivity index (χ0v) is 16.3. The molecule has 0 bridgehead atoms. The van der Waals surface area contributed by atoms with E-state index in [-0.39, 0.29) is 18.4 Å². The number of rotatable bonds is 4. The predicted octanol–water partition coefficient (Wildman–Crippen LogP) is 2.49. The lowest BCUT2D eigenvalue weighted by Crippen LogP contribution is -2.50. The van der Waals surface area contributed by atoms with E-state index in [1.54, 1.807) is 25.2 Å². The average Bonchev–Trinajstić information content (AvgIpc) is 2.77. The summed E-state index contributed by atoms with van der Waals surface area (Å²) in [6.07, 6.45) is 0. The van der Waals surface area contributed by atoms with Crippen LogP contribution in [0.3, 0.4) is 0 Å². The first kappa shape index (κ1) is 18.7. The number of nitrogens with zero attached hydrogens (tertiary/aromatic N) is 2. The maximum absolute atomic E-state index is 13.2. The third kappa shape index (κ3) is 3.59. The van der Waals surface area contributed by atoms with Gasteiger partial charge in [-0.1, -0.05) is 18.2 Å². The molecule has 1 saturated heterocycles. The van der Waals surface area contributed by atoms with Crippen molar-refractivity contribution in [1.29, 1.82) is 0 Å². The lowest BCUT2D eigenvalue weighted by atomic mass is 10.0. The SMILES string of the molecule is COc1ccc(-c2cc(C(=O)N3CCNC(=O)C3)c3ccccc3n2)cc1OC. The highest BCUT2D eigenvalue weighted by Crippen LogP contribution is 2.33. The molecule has 1 fully saturated rings. The Morgan fingerprint density at radius 3 is 2.62 bits per heavy atom. The molecular weight excluding hydrogens is 370 g/mol. The van der Waals surface area contributed by atoms with Crippen molar-refractivity contribution in [2.24, 2.45) is 0 Å². The van der Waals surface area contributed by atoms with Crippen LogP contribution in [-0.4, -0.2) is 55.6 Å². The van der Waals surface area contributed by atoms with Crippen LogP contribution in [0.25, 0.3) is 22.2 Å². The normalized spacial score (nSPS) is 13.9. The molecule has 7 nitrogen and oxygen atoms in total. The van der Waals surface area contributed by atoms with Gasteiger partial charge in [0.05, 0.1) is 37.5 Å². The van der Waals surface area contributed by atoms with Crippen molar-refractivity contribution in [2.45, 2.75) is 0 Å². The Labute approximate surface area is 168 Å². The number of para-hydroxylation sites is 1. The Morgan fingerprint density at radius 1 is 1.07 bits per heavy atom. The van der Waals surface area contributed by atoms with Gasteiger partial charge in [0.25, 0.3) is 5.91 Å². The highest BCUT2D eigenvalue weighted by molar-refractivity contribution is 6.08. The van der Waals surface area contributed by atoms with Crippen LogP contribution in [0.1, 0.15) is 10.4 Å². The zero-order chi connectivity index (χ0) is 20.4. The van der Waals surface area contributed by atoms with Crippen LogP contribution in [0.2, 0.25) is 0 Å². The molecule has 1 aromatic heterocycles. The summed E-state index contributed by atoms with van der Waals surface area (Å²) in [5.41, 5.74) is 2.69. The molecule has 3 aromatic rings. The molecule has 1 N–H and O–H groups in total. The van der Waals surface area contributed by atoms with E-state index in [2.05, 4.69) is 5.32 Å². The standard InChI is InChI=1S/C22H21N3O4/c1-28-19-8-7-14(11-20(19)29-2)18-12-16(15-5-3-4-6-17(15)24-18)22(27)25-10-9-23-21(26)13-25/h3-8,11-12H,9-10,13H2,1-2H3,(H,23,26). The molecule has 0 unspecified atom stereocenters. The predicted molar refractivity (Wildman–Crippen MR) is 109 cm³/mol. The number of amides is 2. The third-order valence-electron chi connectivity index (χ3n) is 4.95. The molecular formula is C22H21N3O4. The first-order valence-electron chi connectivity index (χ1n) is 9.29. The second-order valence-electron chi connectivity index (χ2n) is 6.72. The average molecular weight is 391 g/mol. The highest BCUT2D eigenvalue weighted by Gasteiger charge is 2.24. The number of carbonyl (C=O) groups is 2. The second-order valence-corrected chi connectivity index (χ2v) is 6.72. The molecule has 148 valence electrons. The van der Waals surface area contributed by atoms with Gasteiger partial charge in [0.15, 0.2) is 11.5 Å². The number of carbonyl (C=O) groups excluding carboxylic acids is 2. The maximum Gasteiger partial charge on any atom is 0.255 e. The molecule has 1 aliphatic heterocycles. The van der Waals surface area contributed by atoms with Crippen LogP contribution < -0.4 is 14.8 Å². The van der Waals surface area contributed by atoms with Gasteiger partial charge in [-0.25, -0.2) is 4.98 Å². The summed E-state index contributed by atoms with van der Waals surface area (Å²) < 4.78 is 10.7. The van der Waals surface area contributed by atoms with E-state index in [1.165, 1.54) is 0 Å². The summed E-state index contributed by atoms with van der Waals surface area (Å²) in [7, 11) is 3.16. The summed E-state index contributed by atoms with van der Waals surface area (Å²) in [4.78, 5) is 31.3. The van der Waals surface area contributed by atoms with Crippen molar-refractivity contribution in [3.63, 3.8) is 0 Å². The Hall–Kier alpha value is -3.61. The summed E-state index contributed by atoms with van der Waals surface area (Å²) in [6.45, 7) is 0.990. The monoisotopic (exact) mass is 391 g/mol. The van der Waals surface area contributed by atoms with Crippen molar-refractivity contribution >= 4 is 22.7 Å². The minimum absolute atomic E-state index is 0.0567. The molecule has 0 radical (unpaired) electrons. The summed E-state index contributed by atoms with van der Waals surface area (Å²) in [5.74, 6) is 0.872. The van der Waals surface area contributed by atoms with Crippen molar-refractivity contribution in [2.75, 3.05) is 33.9 Å². The van der Waals surface area contributed by atoms with Gasteiger partial charge in [0.1, 0.15) is 0 Å². The van der Waals surface area contributed by atoms with E-state index in [0.29, 0.717) is 41.4 Å². The van der Waals surface area contributed by atoms with E-state index in [1.807, 2.05) is 42.5 Å². The fourth-order valence-electron chi connectivity index (χ4n) is 3.48. The number of methoxy groups -OCH3 is 2. The Balaban J connectivity index is 1.83. The molecule has 0 spiro atoms. The quantitative estimate of drug-likeness (QED) is 0.739. The van der Waals surface area contributed by atoms with Crippen LogP contribution in [0, 0.1) is 0 Å². The molecule has 29 heavy (non-hydrogen) atoms. The molecule has 2 aromatic carbocycles. The van der Waals surface area contributed by atoms with Gasteiger partial charge in [0.2, 0.25) is 5.91 Å². The minimum atomic E-state index is -0.180. The topological polar surface area (TPSA) is 80.8 Å². The molecule has 2 heterocycles. The molecule has 7 heteroatoms. The number of hydrogen-bond donors (Lipinski definition) is 1. The molecule has 0 atom stereocenters. The Kier molecular flexibility index (Phi) is 5.03. The number of piperazine rings is 1. The molecule has 0 aliphatic carbocycles. The van der Waals surface area contributed by atoms with Crippen LogP contribution in [0.4, 0.5) is 0 Å². The van der Waals surface area contributed by atoms with Crippen LogP contribution in [0.15, 0.2) is 48.5 Å². The van der Waals surface area contributed by atoms with Gasteiger partial charge in [-0.15, -0.1) is 0 Å². The smallest absolute Gasteiger partial charge is 0.255 e. The zero-order valence-electron chi connectivity index (χ0n) is 16.3. The van der Waals surface area contributed by atoms with Gasteiger partial charge in [-0.3, -0.25) is 9.59 Å². The van der Waals surface area contributed by atoms with Gasteiger partial charge >= 0.3 is 0 Å². The molecule has 1 aliphatic rings. The van der Waals surface area contributed by atoms with Gasteiger partial charge < -0.3 is 19.7 Å². The number of fused-ring (bicyclic) bond motifs is 1. The first-order valence-corrected chi connectivity index (χ1v) is 9.29. The van der Waals surface area contributed by atoms with Gasteiger partial charge in [-0.05, 0) is 30.3 Å². The fourth-order valence-corrected chi connectivity index (χ4v) is 3.48. The number of pyridine rings is 1. The van der Waals surface area contributed by atoms with E-state index in [0.717, 1.165) is 10.9 Å². The lowest BCUT2D eigenvalue weighted by molar-refractivity contribution is -0.123. The second kappa shape index (κ2) is 7.79. The lowest BCUT2D eigenvalue weighted by Gasteiger charge is -2.27. The summed E-state index contributed by atoms with van der Waals surface area (Å²) in [5, 5.41) is 3.50. The van der Waals surface area contributed by atoms with Crippen molar-refractivity contribution in [3.05, 3.63) is 54.1 Å². The largest absolute Gasteiger partial charge is 0.493 e. The maximum atomic E-state index is 13.2. The van der Waals surface area contributed by atoms with Gasteiger partial charge in [0, 0.05) is 24.0 Å². The van der Waals surface area contributed by atoms with Crippen molar-refractivity contribution in [1.82, 2.24) is 15.2 Å². The number of aromatic nitrogens is 1. The van der Waals surface area contributed by atoms with Crippen molar-refractivity contribution < 1.29 is 19.1 Å². The number of ether oxygens (including phenoxy) is 2. The Morgan fingerprint density at radius 2 is 1.86 bits per heavy atom. The number of nitrogens with one attached hydrogen (secondary N) is 1. The molecule has 2 amide bonds. The van der Waals surface area contributed by atoms with E-state index in [9.17, 15) is 9.59 Å². The number of hydrogen-bond acceptors (Lipinski definition) is 5. The van der Waals surface area contributed by atoms with E-state index >= 15 is 0 Å². The van der Waals surface area contributed by atoms with Gasteiger partial charge in [-0.2, -0.15) is 0 Å². The first-order chi connectivity index (χ1) is 14.1. The van der Waals surface area contributed by atoms with Crippen LogP contribution >= 0.6 is 0 Å². The van der Waals surface area contributed by atoms with E-state index < -0.39 is 0 Å². The number of benzene rings is 2. The summed E-state index contributed by atoms with van der Waals surface area (Å²) >= 11 is 0. The van der Waals surface area contributed by atoms with E-state index in [4.69, 9.17) is 14.5 Å².